The van der Waals surface area contributed by atoms with Crippen LogP contribution < -0.4 is 21.2 Å². The van der Waals surface area contributed by atoms with Gasteiger partial charge in [-0.05, 0) is 0 Å². The van der Waals surface area contributed by atoms with Crippen molar-refractivity contribution in [1.29, 1.82) is 0 Å². The van der Waals surface area contributed by atoms with Gasteiger partial charge in [-0.25, -0.2) is 0 Å². The van der Waals surface area contributed by atoms with Gasteiger partial charge in [-0.1, -0.05) is 0 Å². The molecule has 0 spiro atoms. The molecule has 0 aliphatic rings. The maximum absolute atomic E-state index is 3.75. The molecule has 0 saturated heterocycles. The Bertz CT molecular complexity index is 45.3. The van der Waals surface area contributed by atoms with E-state index in [9.17, 15) is 0 Å². The third-order valence-electron chi connectivity index (χ3n) is 0.565. The molecule has 0 heterocycles. The van der Waals surface area contributed by atoms with E-state index in [1.54, 1.807) is 0 Å². The van der Waals surface area contributed by atoms with Gasteiger partial charge in [0.25, 0.3) is 0 Å². The second-order valence-electron chi connectivity index (χ2n) is 1.09. The Morgan fingerprint density at radius 2 is 2.43 bits per heavy atom. The molecule has 0 aliphatic carbocycles. The number of aliphatic imine (C=N–C) groups is 1. The molecule has 0 rings (SSSR count). The van der Waals surface area contributed by atoms with Crippen LogP contribution in [0, 0.1) is 0 Å². The molecule has 2 heteroatoms. The molecule has 0 unspecified atom stereocenters. The zero-order valence-electron chi connectivity index (χ0n) is 4.65. The van der Waals surface area contributed by atoms with Crippen molar-refractivity contribution in [3.8, 4) is 0 Å². The summed E-state index contributed by atoms with van der Waals surface area (Å²) in [5.41, 5.74) is 0. The summed E-state index contributed by atoms with van der Waals surface area (Å²) in [6.45, 7) is 6.62. The van der Waals surface area contributed by atoms with Gasteiger partial charge in [-0.15, -0.1) is 0 Å². The van der Waals surface area contributed by atoms with E-state index in [0.29, 0.717) is 21.2 Å². The summed E-state index contributed by atoms with van der Waals surface area (Å²) in [4.78, 5) is 3.75. The summed E-state index contributed by atoms with van der Waals surface area (Å²) < 4.78 is 2.70. The van der Waals surface area contributed by atoms with Crippen molar-refractivity contribution in [3.63, 3.8) is 0 Å². The van der Waals surface area contributed by atoms with E-state index in [1.165, 1.54) is 8.86 Å². The van der Waals surface area contributed by atoms with E-state index >= 15 is 0 Å². The molecule has 0 aliphatic heterocycles. The second kappa shape index (κ2) is 6.40. The van der Waals surface area contributed by atoms with Gasteiger partial charge in [0.2, 0.25) is 0 Å². The van der Waals surface area contributed by atoms with Crippen molar-refractivity contribution in [2.24, 2.45) is 4.99 Å². The van der Waals surface area contributed by atoms with Gasteiger partial charge in [0.15, 0.2) is 0 Å². The maximum atomic E-state index is 3.75. The molecular weight excluding hydrogens is 201 g/mol. The molecule has 1 nitrogen and oxygen atoms in total. The minimum absolute atomic E-state index is 0.488. The Labute approximate surface area is 55.5 Å². The standard InChI is InChI=1S/C5H11IN/c1-3-6-4-5-7-2/h2-5H2,1H3/q-1. The Morgan fingerprint density at radius 1 is 1.71 bits per heavy atom. The quantitative estimate of drug-likeness (QED) is 0.217. The van der Waals surface area contributed by atoms with Crippen LogP contribution in [0.2, 0.25) is 0 Å². The van der Waals surface area contributed by atoms with E-state index in [4.69, 9.17) is 0 Å². The van der Waals surface area contributed by atoms with E-state index in [2.05, 4.69) is 18.6 Å². The van der Waals surface area contributed by atoms with E-state index in [0.717, 1.165) is 6.54 Å². The molecule has 0 radical (unpaired) electrons. The van der Waals surface area contributed by atoms with Crippen LogP contribution in [0.15, 0.2) is 4.99 Å². The molecule has 0 saturated carbocycles. The van der Waals surface area contributed by atoms with Crippen molar-refractivity contribution in [3.05, 3.63) is 0 Å². The zero-order chi connectivity index (χ0) is 5.54. The predicted molar refractivity (Wildman–Crippen MR) is 29.8 cm³/mol. The third-order valence-corrected chi connectivity index (χ3v) is 2.89. The number of hydrogen-bond donors (Lipinski definition) is 0. The summed E-state index contributed by atoms with van der Waals surface area (Å²) in [5.74, 6) is 0. The monoisotopic (exact) mass is 212 g/mol. The van der Waals surface area contributed by atoms with Crippen LogP contribution in [-0.2, 0) is 0 Å². The number of nitrogens with zero attached hydrogens (tertiary/aromatic N) is 1. The molecule has 0 aromatic carbocycles. The minimum atomic E-state index is 0.488. The van der Waals surface area contributed by atoms with Gasteiger partial charge >= 0.3 is 55.2 Å². The van der Waals surface area contributed by atoms with Crippen LogP contribution in [0.25, 0.3) is 0 Å². The van der Waals surface area contributed by atoms with Crippen molar-refractivity contribution in [2.75, 3.05) is 15.4 Å². The van der Waals surface area contributed by atoms with Crippen LogP contribution >= 0.6 is 0 Å². The first-order valence-corrected chi connectivity index (χ1v) is 5.43. The average molecular weight is 212 g/mol. The van der Waals surface area contributed by atoms with Crippen LogP contribution in [0.3, 0.4) is 0 Å². The van der Waals surface area contributed by atoms with Crippen molar-refractivity contribution in [2.45, 2.75) is 6.92 Å². The number of halogens is 1. The topological polar surface area (TPSA) is 12.4 Å². The Kier molecular flexibility index (Phi) is 6.77. The van der Waals surface area contributed by atoms with Crippen LogP contribution in [-0.4, -0.2) is 22.1 Å². The first kappa shape index (κ1) is 7.40. The molecule has 0 fully saturated rings. The number of alkyl halides is 2. The van der Waals surface area contributed by atoms with Gasteiger partial charge in [0, 0.05) is 0 Å². The average Bonchev–Trinajstić information content (AvgIpc) is 1.69. The Hall–Kier alpha value is 0.400. The van der Waals surface area contributed by atoms with Crippen molar-refractivity contribution in [1.82, 2.24) is 0 Å². The summed E-state index contributed by atoms with van der Waals surface area (Å²) in [6.07, 6.45) is 0. The molecule has 0 N–H and O–H groups in total. The first-order valence-electron chi connectivity index (χ1n) is 2.37. The fraction of sp³-hybridized carbons (Fsp3) is 0.800. The van der Waals surface area contributed by atoms with Gasteiger partial charge in [0.1, 0.15) is 0 Å². The van der Waals surface area contributed by atoms with E-state index in [-0.39, 0.29) is 0 Å². The van der Waals surface area contributed by atoms with E-state index in [1.807, 2.05) is 0 Å². The van der Waals surface area contributed by atoms with Crippen LogP contribution in [0.5, 0.6) is 0 Å². The number of rotatable bonds is 4. The molecule has 0 aromatic heterocycles. The molecule has 0 bridgehead atoms. The van der Waals surface area contributed by atoms with Crippen molar-refractivity contribution < 1.29 is 21.2 Å². The first-order chi connectivity index (χ1) is 3.41. The van der Waals surface area contributed by atoms with Gasteiger partial charge in [-0.2, -0.15) is 0 Å². The SMILES string of the molecule is C=NCC[I-]CC. The summed E-state index contributed by atoms with van der Waals surface area (Å²) >= 11 is 0.488. The summed E-state index contributed by atoms with van der Waals surface area (Å²) in [5, 5.41) is 0. The van der Waals surface area contributed by atoms with Crippen LogP contribution in [0.1, 0.15) is 6.92 Å². The molecule has 7 heavy (non-hydrogen) atoms. The third kappa shape index (κ3) is 6.40. The zero-order valence-corrected chi connectivity index (χ0v) is 6.81. The Balaban J connectivity index is 2.56. The normalized spacial score (nSPS) is 9.29. The van der Waals surface area contributed by atoms with E-state index < -0.39 is 0 Å². The predicted octanol–water partition coefficient (Wildman–Crippen LogP) is -2.20. The van der Waals surface area contributed by atoms with Gasteiger partial charge in [0.05, 0.1) is 0 Å². The summed E-state index contributed by atoms with van der Waals surface area (Å²) in [7, 11) is 0. The molecule has 0 atom stereocenters. The second-order valence-corrected chi connectivity index (χ2v) is 4.78. The Morgan fingerprint density at radius 3 is 2.86 bits per heavy atom. The molecule has 44 valence electrons. The number of hydrogen-bond acceptors (Lipinski definition) is 1. The van der Waals surface area contributed by atoms with Gasteiger partial charge < -0.3 is 0 Å². The molecule has 0 aromatic rings. The molecular formula is C5H11IN-. The fourth-order valence-electron chi connectivity index (χ4n) is 0.253. The van der Waals surface area contributed by atoms with Gasteiger partial charge in [-0.3, -0.25) is 0 Å². The fourth-order valence-corrected chi connectivity index (χ4v) is 1.70. The van der Waals surface area contributed by atoms with Crippen LogP contribution in [0.4, 0.5) is 0 Å². The molecule has 0 amide bonds. The summed E-state index contributed by atoms with van der Waals surface area (Å²) in [6, 6.07) is 0. The van der Waals surface area contributed by atoms with Crippen molar-refractivity contribution >= 4 is 6.72 Å².